The van der Waals surface area contributed by atoms with E-state index in [9.17, 15) is 4.79 Å². The van der Waals surface area contributed by atoms with Gasteiger partial charge in [0.1, 0.15) is 0 Å². The molecule has 3 rings (SSSR count). The molecule has 3 nitrogen and oxygen atoms in total. The average Bonchev–Trinajstić information content (AvgIpc) is 2.85. The molecule has 2 aromatic rings. The summed E-state index contributed by atoms with van der Waals surface area (Å²) in [6.45, 7) is 3.48. The third kappa shape index (κ3) is 4.74. The standard InChI is InChI=1S/C18H20N2OS.ClH/c21-18(20-13-6-11-19-12-14-20)16-9-4-5-10-17(16)22-15-7-2-1-3-8-15;/h1-5,7-10,19H,6,11-14H2;1H. The Morgan fingerprint density at radius 1 is 0.957 bits per heavy atom. The summed E-state index contributed by atoms with van der Waals surface area (Å²) in [5, 5.41) is 3.34. The molecule has 1 amide bonds. The van der Waals surface area contributed by atoms with Crippen molar-refractivity contribution in [1.29, 1.82) is 0 Å². The summed E-state index contributed by atoms with van der Waals surface area (Å²) in [6.07, 6.45) is 1.01. The second kappa shape index (κ2) is 8.96. The summed E-state index contributed by atoms with van der Waals surface area (Å²) >= 11 is 1.65. The molecule has 0 saturated carbocycles. The minimum absolute atomic E-state index is 0. The first-order valence-corrected chi connectivity index (χ1v) is 8.48. The number of nitrogens with zero attached hydrogens (tertiary/aromatic N) is 1. The van der Waals surface area contributed by atoms with Crippen LogP contribution in [-0.4, -0.2) is 37.0 Å². The first kappa shape index (κ1) is 17.9. The Kier molecular flexibility index (Phi) is 6.96. The van der Waals surface area contributed by atoms with E-state index in [1.165, 1.54) is 0 Å². The van der Waals surface area contributed by atoms with E-state index in [0.717, 1.165) is 48.0 Å². The number of hydrogen-bond donors (Lipinski definition) is 1. The van der Waals surface area contributed by atoms with Crippen molar-refractivity contribution in [3.05, 3.63) is 60.2 Å². The minimum Gasteiger partial charge on any atom is -0.337 e. The van der Waals surface area contributed by atoms with Gasteiger partial charge in [0.15, 0.2) is 0 Å². The number of hydrogen-bond acceptors (Lipinski definition) is 3. The van der Waals surface area contributed by atoms with E-state index in [-0.39, 0.29) is 18.3 Å². The van der Waals surface area contributed by atoms with Crippen LogP contribution in [0.2, 0.25) is 0 Å². The van der Waals surface area contributed by atoms with Gasteiger partial charge < -0.3 is 10.2 Å². The Balaban J connectivity index is 0.00000192. The Morgan fingerprint density at radius 2 is 1.70 bits per heavy atom. The lowest BCUT2D eigenvalue weighted by Gasteiger charge is -2.21. The van der Waals surface area contributed by atoms with Crippen LogP contribution >= 0.6 is 24.2 Å². The van der Waals surface area contributed by atoms with E-state index >= 15 is 0 Å². The van der Waals surface area contributed by atoms with Gasteiger partial charge in [-0.15, -0.1) is 12.4 Å². The summed E-state index contributed by atoms with van der Waals surface area (Å²) in [5.41, 5.74) is 0.804. The maximum Gasteiger partial charge on any atom is 0.255 e. The van der Waals surface area contributed by atoms with Crippen LogP contribution in [0.1, 0.15) is 16.8 Å². The van der Waals surface area contributed by atoms with Crippen LogP contribution in [-0.2, 0) is 0 Å². The van der Waals surface area contributed by atoms with Crippen molar-refractivity contribution in [1.82, 2.24) is 10.2 Å². The summed E-state index contributed by atoms with van der Waals surface area (Å²) in [6, 6.07) is 18.1. The lowest BCUT2D eigenvalue weighted by atomic mass is 10.2. The van der Waals surface area contributed by atoms with Gasteiger partial charge in [-0.05, 0) is 37.2 Å². The molecule has 1 aliphatic rings. The zero-order valence-corrected chi connectivity index (χ0v) is 14.5. The van der Waals surface area contributed by atoms with Gasteiger partial charge in [-0.2, -0.15) is 0 Å². The SMILES string of the molecule is Cl.O=C(c1ccccc1Sc1ccccc1)N1CCCNCC1. The highest BCUT2D eigenvalue weighted by molar-refractivity contribution is 7.99. The van der Waals surface area contributed by atoms with Crippen molar-refractivity contribution in [2.24, 2.45) is 0 Å². The topological polar surface area (TPSA) is 32.3 Å². The van der Waals surface area contributed by atoms with Gasteiger partial charge in [0, 0.05) is 29.4 Å². The molecule has 0 spiro atoms. The molecular formula is C18H21ClN2OS. The fourth-order valence-electron chi connectivity index (χ4n) is 2.57. The number of benzene rings is 2. The predicted molar refractivity (Wildman–Crippen MR) is 97.6 cm³/mol. The van der Waals surface area contributed by atoms with Crippen LogP contribution < -0.4 is 5.32 Å². The molecule has 1 aliphatic heterocycles. The molecule has 1 N–H and O–H groups in total. The number of rotatable bonds is 3. The van der Waals surface area contributed by atoms with Crippen molar-refractivity contribution in [2.75, 3.05) is 26.2 Å². The fourth-order valence-corrected chi connectivity index (χ4v) is 3.53. The van der Waals surface area contributed by atoms with Crippen molar-refractivity contribution in [3.8, 4) is 0 Å². The molecule has 122 valence electrons. The molecule has 1 saturated heterocycles. The Labute approximate surface area is 147 Å². The summed E-state index contributed by atoms with van der Waals surface area (Å²) in [4.78, 5) is 17.0. The molecule has 5 heteroatoms. The highest BCUT2D eigenvalue weighted by Crippen LogP contribution is 2.30. The molecule has 23 heavy (non-hydrogen) atoms. The van der Waals surface area contributed by atoms with Crippen LogP contribution in [0, 0.1) is 0 Å². The second-order valence-electron chi connectivity index (χ2n) is 5.31. The molecule has 2 aromatic carbocycles. The molecule has 0 radical (unpaired) electrons. The van der Waals surface area contributed by atoms with Gasteiger partial charge in [-0.1, -0.05) is 42.1 Å². The Hall–Kier alpha value is -1.49. The van der Waals surface area contributed by atoms with Crippen molar-refractivity contribution < 1.29 is 4.79 Å². The van der Waals surface area contributed by atoms with E-state index in [1.54, 1.807) is 11.8 Å². The number of amides is 1. The van der Waals surface area contributed by atoms with Gasteiger partial charge in [0.05, 0.1) is 5.56 Å². The van der Waals surface area contributed by atoms with Gasteiger partial charge in [-0.25, -0.2) is 0 Å². The van der Waals surface area contributed by atoms with Gasteiger partial charge in [0.2, 0.25) is 0 Å². The maximum atomic E-state index is 12.8. The van der Waals surface area contributed by atoms with E-state index in [1.807, 2.05) is 47.4 Å². The normalized spacial score (nSPS) is 14.7. The molecule has 0 bridgehead atoms. The van der Waals surface area contributed by atoms with Crippen LogP contribution in [0.25, 0.3) is 0 Å². The van der Waals surface area contributed by atoms with E-state index < -0.39 is 0 Å². The van der Waals surface area contributed by atoms with E-state index in [0.29, 0.717) is 0 Å². The van der Waals surface area contributed by atoms with Crippen molar-refractivity contribution in [2.45, 2.75) is 16.2 Å². The highest BCUT2D eigenvalue weighted by Gasteiger charge is 2.19. The van der Waals surface area contributed by atoms with Gasteiger partial charge in [-0.3, -0.25) is 4.79 Å². The zero-order valence-electron chi connectivity index (χ0n) is 12.9. The minimum atomic E-state index is 0. The third-order valence-electron chi connectivity index (χ3n) is 3.72. The van der Waals surface area contributed by atoms with Crippen LogP contribution in [0.5, 0.6) is 0 Å². The molecule has 0 unspecified atom stereocenters. The fraction of sp³-hybridized carbons (Fsp3) is 0.278. The molecule has 0 aliphatic carbocycles. The first-order valence-electron chi connectivity index (χ1n) is 7.66. The lowest BCUT2D eigenvalue weighted by molar-refractivity contribution is 0.0763. The van der Waals surface area contributed by atoms with Crippen molar-refractivity contribution in [3.63, 3.8) is 0 Å². The number of nitrogens with one attached hydrogen (secondary N) is 1. The van der Waals surface area contributed by atoms with Crippen LogP contribution in [0.4, 0.5) is 0 Å². The Morgan fingerprint density at radius 3 is 2.52 bits per heavy atom. The van der Waals surface area contributed by atoms with E-state index in [2.05, 4.69) is 17.4 Å². The van der Waals surface area contributed by atoms with Crippen LogP contribution in [0.15, 0.2) is 64.4 Å². The zero-order chi connectivity index (χ0) is 15.2. The summed E-state index contributed by atoms with van der Waals surface area (Å²) in [5.74, 6) is 0.141. The number of carbonyl (C=O) groups is 1. The lowest BCUT2D eigenvalue weighted by Crippen LogP contribution is -2.34. The molecule has 0 atom stereocenters. The maximum absolute atomic E-state index is 12.8. The monoisotopic (exact) mass is 348 g/mol. The third-order valence-corrected chi connectivity index (χ3v) is 4.80. The number of halogens is 1. The van der Waals surface area contributed by atoms with Crippen LogP contribution in [0.3, 0.4) is 0 Å². The summed E-state index contributed by atoms with van der Waals surface area (Å²) in [7, 11) is 0. The highest BCUT2D eigenvalue weighted by atomic mass is 35.5. The Bertz CT molecular complexity index is 628. The molecular weight excluding hydrogens is 328 g/mol. The average molecular weight is 349 g/mol. The second-order valence-corrected chi connectivity index (χ2v) is 6.42. The largest absolute Gasteiger partial charge is 0.337 e. The van der Waals surface area contributed by atoms with Gasteiger partial charge >= 0.3 is 0 Å². The van der Waals surface area contributed by atoms with Crippen molar-refractivity contribution >= 4 is 30.1 Å². The molecule has 1 fully saturated rings. The first-order chi connectivity index (χ1) is 10.8. The van der Waals surface area contributed by atoms with Gasteiger partial charge in [0.25, 0.3) is 5.91 Å². The van der Waals surface area contributed by atoms with E-state index in [4.69, 9.17) is 0 Å². The molecule has 0 aromatic heterocycles. The smallest absolute Gasteiger partial charge is 0.255 e. The number of carbonyl (C=O) groups excluding carboxylic acids is 1. The molecule has 1 heterocycles. The summed E-state index contributed by atoms with van der Waals surface area (Å²) < 4.78 is 0. The quantitative estimate of drug-likeness (QED) is 0.918. The predicted octanol–water partition coefficient (Wildman–Crippen LogP) is 3.70.